The molecule has 0 bridgehead atoms. The normalized spacial score (nSPS) is 12.4. The van der Waals surface area contributed by atoms with Gasteiger partial charge in [0.15, 0.2) is 0 Å². The molecular weight excluding hydrogens is 508 g/mol. The molecule has 0 saturated carbocycles. The van der Waals surface area contributed by atoms with Gasteiger partial charge >= 0.3 is 0 Å². The summed E-state index contributed by atoms with van der Waals surface area (Å²) in [7, 11) is 0. The standard InChI is InChI=1S/C26H16Cl2FN3O2S/c27-18-6-3-7-20(29)23(18)24(33)31-16-10-11-17(19(28)13-16)26(34)32-14-15-5-1-2-9-22(15)35-25-21(32)8-4-12-30-25/h1-13H,14H2,(H,31,33). The number of halogens is 3. The van der Waals surface area contributed by atoms with E-state index in [2.05, 4.69) is 10.3 Å². The predicted octanol–water partition coefficient (Wildman–Crippen LogP) is 7.09. The molecule has 0 radical (unpaired) electrons. The molecule has 35 heavy (non-hydrogen) atoms. The number of anilines is 2. The number of carbonyl (C=O) groups is 2. The molecular formula is C26H16Cl2FN3O2S. The van der Waals surface area contributed by atoms with Crippen molar-refractivity contribution in [2.24, 2.45) is 0 Å². The lowest BCUT2D eigenvalue weighted by atomic mass is 10.1. The first-order chi connectivity index (χ1) is 16.9. The molecule has 3 aromatic carbocycles. The summed E-state index contributed by atoms with van der Waals surface area (Å²) in [4.78, 5) is 33.3. The first-order valence-corrected chi connectivity index (χ1v) is 12.1. The summed E-state index contributed by atoms with van der Waals surface area (Å²) < 4.78 is 14.1. The highest BCUT2D eigenvalue weighted by molar-refractivity contribution is 7.99. The monoisotopic (exact) mass is 523 g/mol. The zero-order valence-corrected chi connectivity index (χ0v) is 20.3. The minimum absolute atomic E-state index is 0.00742. The van der Waals surface area contributed by atoms with Crippen LogP contribution in [0.2, 0.25) is 10.0 Å². The summed E-state index contributed by atoms with van der Waals surface area (Å²) >= 11 is 14.0. The van der Waals surface area contributed by atoms with Gasteiger partial charge in [0.2, 0.25) is 0 Å². The number of hydrogen-bond donors (Lipinski definition) is 1. The molecule has 1 aromatic heterocycles. The smallest absolute Gasteiger partial charge is 0.260 e. The van der Waals surface area contributed by atoms with Gasteiger partial charge in [-0.25, -0.2) is 9.37 Å². The van der Waals surface area contributed by atoms with Crippen molar-refractivity contribution in [3.8, 4) is 0 Å². The number of rotatable bonds is 3. The van der Waals surface area contributed by atoms with E-state index in [1.165, 1.54) is 42.1 Å². The fraction of sp³-hybridized carbons (Fsp3) is 0.0385. The highest BCUT2D eigenvalue weighted by Gasteiger charge is 2.27. The minimum atomic E-state index is -0.737. The molecule has 1 aliphatic heterocycles. The van der Waals surface area contributed by atoms with Crippen molar-refractivity contribution >= 4 is 58.2 Å². The van der Waals surface area contributed by atoms with E-state index in [4.69, 9.17) is 23.2 Å². The van der Waals surface area contributed by atoms with E-state index >= 15 is 0 Å². The average Bonchev–Trinajstić information content (AvgIpc) is 3.00. The van der Waals surface area contributed by atoms with Crippen LogP contribution in [0.25, 0.3) is 0 Å². The predicted molar refractivity (Wildman–Crippen MR) is 136 cm³/mol. The van der Waals surface area contributed by atoms with Crippen molar-refractivity contribution < 1.29 is 14.0 Å². The van der Waals surface area contributed by atoms with Crippen LogP contribution in [-0.2, 0) is 6.54 Å². The van der Waals surface area contributed by atoms with Gasteiger partial charge in [-0.1, -0.05) is 59.2 Å². The fourth-order valence-corrected chi connectivity index (χ4v) is 5.29. The molecule has 2 amide bonds. The van der Waals surface area contributed by atoms with Gasteiger partial charge in [0.25, 0.3) is 11.8 Å². The van der Waals surface area contributed by atoms with Crippen molar-refractivity contribution in [1.82, 2.24) is 4.98 Å². The lowest BCUT2D eigenvalue weighted by Crippen LogP contribution is -2.30. The summed E-state index contributed by atoms with van der Waals surface area (Å²) in [5.74, 6) is -1.76. The number of pyridine rings is 1. The number of hydrogen-bond acceptors (Lipinski definition) is 4. The van der Waals surface area contributed by atoms with Gasteiger partial charge in [-0.15, -0.1) is 0 Å². The molecule has 5 rings (SSSR count). The summed E-state index contributed by atoms with van der Waals surface area (Å²) in [6, 6.07) is 20.0. The molecule has 174 valence electrons. The van der Waals surface area contributed by atoms with Crippen molar-refractivity contribution in [3.63, 3.8) is 0 Å². The van der Waals surface area contributed by atoms with Crippen molar-refractivity contribution in [1.29, 1.82) is 0 Å². The van der Waals surface area contributed by atoms with Crippen LogP contribution < -0.4 is 10.2 Å². The summed E-state index contributed by atoms with van der Waals surface area (Å²) in [6.45, 7) is 0.349. The maximum atomic E-state index is 14.1. The van der Waals surface area contributed by atoms with E-state index < -0.39 is 11.7 Å². The molecule has 0 unspecified atom stereocenters. The van der Waals surface area contributed by atoms with Crippen LogP contribution in [-0.4, -0.2) is 16.8 Å². The molecule has 0 spiro atoms. The molecule has 1 aliphatic rings. The highest BCUT2D eigenvalue weighted by Crippen LogP contribution is 2.40. The Morgan fingerprint density at radius 3 is 2.60 bits per heavy atom. The van der Waals surface area contributed by atoms with Gasteiger partial charge in [-0.2, -0.15) is 0 Å². The van der Waals surface area contributed by atoms with Crippen LogP contribution in [0.5, 0.6) is 0 Å². The van der Waals surface area contributed by atoms with E-state index in [1.807, 2.05) is 30.3 Å². The van der Waals surface area contributed by atoms with Crippen LogP contribution in [0.3, 0.4) is 0 Å². The Hall–Kier alpha value is -3.39. The molecule has 0 aliphatic carbocycles. The number of fused-ring (bicyclic) bond motifs is 2. The number of amides is 2. The molecule has 1 N–H and O–H groups in total. The van der Waals surface area contributed by atoms with Gasteiger partial charge in [-0.3, -0.25) is 9.59 Å². The lowest BCUT2D eigenvalue weighted by Gasteiger charge is -2.23. The Morgan fingerprint density at radius 1 is 0.971 bits per heavy atom. The Balaban J connectivity index is 1.45. The van der Waals surface area contributed by atoms with E-state index in [-0.39, 0.29) is 27.1 Å². The third-order valence-electron chi connectivity index (χ3n) is 5.44. The fourth-order valence-electron chi connectivity index (χ4n) is 3.76. The van der Waals surface area contributed by atoms with Gasteiger partial charge in [0, 0.05) is 16.8 Å². The van der Waals surface area contributed by atoms with Gasteiger partial charge in [0.05, 0.1) is 33.4 Å². The second kappa shape index (κ2) is 9.70. The first-order valence-electron chi connectivity index (χ1n) is 10.5. The lowest BCUT2D eigenvalue weighted by molar-refractivity contribution is 0.0983. The minimum Gasteiger partial charge on any atom is -0.322 e. The molecule has 0 atom stereocenters. The second-order valence-corrected chi connectivity index (χ2v) is 9.52. The number of nitrogens with zero attached hydrogens (tertiary/aromatic N) is 2. The van der Waals surface area contributed by atoms with Crippen LogP contribution in [0.15, 0.2) is 88.9 Å². The SMILES string of the molecule is O=C(Nc1ccc(C(=O)N2Cc3ccccc3Sc3ncccc32)c(Cl)c1)c1c(F)cccc1Cl. The molecule has 2 heterocycles. The molecule has 4 aromatic rings. The quantitative estimate of drug-likeness (QED) is 0.311. The van der Waals surface area contributed by atoms with Crippen molar-refractivity contribution in [3.05, 3.63) is 112 Å². The maximum Gasteiger partial charge on any atom is 0.260 e. The summed E-state index contributed by atoms with van der Waals surface area (Å²) in [5, 5.41) is 3.43. The van der Waals surface area contributed by atoms with Gasteiger partial charge in [-0.05, 0) is 54.1 Å². The van der Waals surface area contributed by atoms with Gasteiger partial charge < -0.3 is 10.2 Å². The second-order valence-electron chi connectivity index (χ2n) is 7.67. The van der Waals surface area contributed by atoms with Crippen molar-refractivity contribution in [2.75, 3.05) is 10.2 Å². The summed E-state index contributed by atoms with van der Waals surface area (Å²) in [5.41, 5.74) is 1.96. The Labute approximate surface area is 214 Å². The molecule has 5 nitrogen and oxygen atoms in total. The highest BCUT2D eigenvalue weighted by atomic mass is 35.5. The number of carbonyl (C=O) groups excluding carboxylic acids is 2. The molecule has 9 heteroatoms. The Bertz CT molecular complexity index is 1460. The van der Waals surface area contributed by atoms with E-state index in [0.717, 1.165) is 16.5 Å². The Morgan fingerprint density at radius 2 is 1.80 bits per heavy atom. The van der Waals surface area contributed by atoms with E-state index in [9.17, 15) is 14.0 Å². The zero-order chi connectivity index (χ0) is 24.5. The number of aromatic nitrogens is 1. The van der Waals surface area contributed by atoms with Crippen LogP contribution >= 0.6 is 35.0 Å². The van der Waals surface area contributed by atoms with Crippen LogP contribution in [0, 0.1) is 5.82 Å². The third-order valence-corrected chi connectivity index (χ3v) is 7.20. The zero-order valence-electron chi connectivity index (χ0n) is 18.0. The Kier molecular flexibility index (Phi) is 6.47. The van der Waals surface area contributed by atoms with Crippen LogP contribution in [0.4, 0.5) is 15.8 Å². The number of nitrogens with one attached hydrogen (secondary N) is 1. The van der Waals surface area contributed by atoms with Crippen molar-refractivity contribution in [2.45, 2.75) is 16.5 Å². The molecule has 0 saturated heterocycles. The third kappa shape index (κ3) is 4.62. The first kappa shape index (κ1) is 23.4. The molecule has 0 fully saturated rings. The largest absolute Gasteiger partial charge is 0.322 e. The maximum absolute atomic E-state index is 14.1. The topological polar surface area (TPSA) is 62.3 Å². The van der Waals surface area contributed by atoms with E-state index in [1.54, 1.807) is 17.2 Å². The van der Waals surface area contributed by atoms with Gasteiger partial charge in [0.1, 0.15) is 10.8 Å². The summed E-state index contributed by atoms with van der Waals surface area (Å²) in [6.07, 6.45) is 1.69. The van der Waals surface area contributed by atoms with Crippen LogP contribution in [0.1, 0.15) is 26.3 Å². The van der Waals surface area contributed by atoms with E-state index in [0.29, 0.717) is 22.9 Å². The average molecular weight is 524 g/mol. The number of benzene rings is 3.